The second kappa shape index (κ2) is 9.99. The Hall–Kier alpha value is -4.17. The van der Waals surface area contributed by atoms with Gasteiger partial charge < -0.3 is 20.1 Å². The lowest BCUT2D eigenvalue weighted by Crippen LogP contribution is -2.42. The molecule has 1 saturated heterocycles. The van der Waals surface area contributed by atoms with Crippen LogP contribution in [0.15, 0.2) is 72.8 Å². The Morgan fingerprint density at radius 3 is 2.49 bits per heavy atom. The molecule has 178 valence electrons. The highest BCUT2D eigenvalue weighted by Crippen LogP contribution is 2.30. The number of nitrogens with one attached hydrogen (secondary N) is 2. The number of benzene rings is 3. The standard InChI is InChI=1S/C27H25N3O5/c31-25-16-30(24-6-2-1-5-23(24)29-25)27(33)19-7-11-20(12-8-19)28-26(32)18-9-13-21(14-10-18)35-17-22-4-3-15-34-22/h1-2,5-14,22H,3-4,15-17H2,(H,28,32)(H,29,31). The van der Waals surface area contributed by atoms with Gasteiger partial charge in [-0.3, -0.25) is 19.3 Å². The predicted molar refractivity (Wildman–Crippen MR) is 132 cm³/mol. The molecular formula is C27H25N3O5. The van der Waals surface area contributed by atoms with Crippen molar-refractivity contribution in [1.29, 1.82) is 0 Å². The van der Waals surface area contributed by atoms with E-state index in [-0.39, 0.29) is 30.4 Å². The fourth-order valence-corrected chi connectivity index (χ4v) is 4.14. The molecule has 0 radical (unpaired) electrons. The third-order valence-electron chi connectivity index (χ3n) is 5.98. The molecule has 0 spiro atoms. The summed E-state index contributed by atoms with van der Waals surface area (Å²) in [6.45, 7) is 1.23. The number of fused-ring (bicyclic) bond motifs is 1. The normalized spacial score (nSPS) is 16.9. The zero-order valence-electron chi connectivity index (χ0n) is 19.0. The minimum absolute atomic E-state index is 0.0538. The van der Waals surface area contributed by atoms with Gasteiger partial charge in [-0.15, -0.1) is 0 Å². The molecule has 2 heterocycles. The van der Waals surface area contributed by atoms with Crippen molar-refractivity contribution in [3.05, 3.63) is 83.9 Å². The van der Waals surface area contributed by atoms with Crippen molar-refractivity contribution in [2.24, 2.45) is 0 Å². The maximum absolute atomic E-state index is 13.1. The molecule has 0 aliphatic carbocycles. The van der Waals surface area contributed by atoms with Crippen LogP contribution in [-0.4, -0.2) is 43.6 Å². The van der Waals surface area contributed by atoms with E-state index in [1.165, 1.54) is 4.90 Å². The molecule has 8 nitrogen and oxygen atoms in total. The van der Waals surface area contributed by atoms with Crippen LogP contribution in [0.2, 0.25) is 0 Å². The first-order valence-electron chi connectivity index (χ1n) is 11.5. The quantitative estimate of drug-likeness (QED) is 0.564. The van der Waals surface area contributed by atoms with Crippen LogP contribution in [0.4, 0.5) is 17.1 Å². The number of carbonyl (C=O) groups is 3. The van der Waals surface area contributed by atoms with E-state index in [0.29, 0.717) is 40.5 Å². The van der Waals surface area contributed by atoms with Crippen molar-refractivity contribution in [2.75, 3.05) is 35.3 Å². The maximum atomic E-state index is 13.1. The maximum Gasteiger partial charge on any atom is 0.258 e. The summed E-state index contributed by atoms with van der Waals surface area (Å²) in [4.78, 5) is 39.2. The van der Waals surface area contributed by atoms with E-state index in [2.05, 4.69) is 10.6 Å². The van der Waals surface area contributed by atoms with E-state index in [4.69, 9.17) is 9.47 Å². The fraction of sp³-hybridized carbons (Fsp3) is 0.222. The molecule has 0 bridgehead atoms. The van der Waals surface area contributed by atoms with Crippen LogP contribution < -0.4 is 20.3 Å². The highest BCUT2D eigenvalue weighted by atomic mass is 16.5. The number of amides is 3. The molecular weight excluding hydrogens is 446 g/mol. The molecule has 3 aromatic carbocycles. The first kappa shape index (κ1) is 22.6. The number of rotatable bonds is 6. The van der Waals surface area contributed by atoms with Crippen LogP contribution in [0.5, 0.6) is 5.75 Å². The van der Waals surface area contributed by atoms with Gasteiger partial charge >= 0.3 is 0 Å². The molecule has 0 saturated carbocycles. The van der Waals surface area contributed by atoms with Gasteiger partial charge in [-0.25, -0.2) is 0 Å². The van der Waals surface area contributed by atoms with Crippen molar-refractivity contribution in [3.8, 4) is 5.75 Å². The lowest BCUT2D eigenvalue weighted by Gasteiger charge is -2.29. The number of nitrogens with zero attached hydrogens (tertiary/aromatic N) is 1. The van der Waals surface area contributed by atoms with E-state index in [9.17, 15) is 14.4 Å². The van der Waals surface area contributed by atoms with E-state index < -0.39 is 0 Å². The summed E-state index contributed by atoms with van der Waals surface area (Å²) in [5.41, 5.74) is 2.72. The van der Waals surface area contributed by atoms with Crippen LogP contribution in [0.1, 0.15) is 33.6 Å². The lowest BCUT2D eigenvalue weighted by molar-refractivity contribution is -0.115. The van der Waals surface area contributed by atoms with Gasteiger partial charge in [-0.1, -0.05) is 12.1 Å². The third kappa shape index (κ3) is 5.17. The number of hydrogen-bond donors (Lipinski definition) is 2. The number of carbonyl (C=O) groups excluding carboxylic acids is 3. The van der Waals surface area contributed by atoms with Crippen LogP contribution in [0.25, 0.3) is 0 Å². The Labute approximate surface area is 202 Å². The zero-order chi connectivity index (χ0) is 24.2. The third-order valence-corrected chi connectivity index (χ3v) is 5.98. The van der Waals surface area contributed by atoms with Gasteiger partial charge in [0.05, 0.1) is 17.5 Å². The molecule has 1 unspecified atom stereocenters. The SMILES string of the molecule is O=C1CN(C(=O)c2ccc(NC(=O)c3ccc(OCC4CCCO4)cc3)cc2)c2ccccc2N1. The Bertz CT molecular complexity index is 1230. The van der Waals surface area contributed by atoms with Crippen LogP contribution >= 0.6 is 0 Å². The summed E-state index contributed by atoms with van der Waals surface area (Å²) in [5.74, 6) is -0.114. The van der Waals surface area contributed by atoms with E-state index in [0.717, 1.165) is 19.4 Å². The minimum atomic E-state index is -0.288. The number of anilines is 3. The highest BCUT2D eigenvalue weighted by molar-refractivity contribution is 6.15. The molecule has 2 aliphatic heterocycles. The topological polar surface area (TPSA) is 97.0 Å². The summed E-state index contributed by atoms with van der Waals surface area (Å²) in [6, 6.07) is 20.7. The Balaban J connectivity index is 1.20. The number of hydrogen-bond acceptors (Lipinski definition) is 5. The van der Waals surface area contributed by atoms with Crippen molar-refractivity contribution < 1.29 is 23.9 Å². The average Bonchev–Trinajstić information content (AvgIpc) is 3.41. The highest BCUT2D eigenvalue weighted by Gasteiger charge is 2.27. The predicted octanol–water partition coefficient (Wildman–Crippen LogP) is 4.10. The summed E-state index contributed by atoms with van der Waals surface area (Å²) in [6.07, 6.45) is 2.20. The van der Waals surface area contributed by atoms with Gasteiger partial charge in [0.15, 0.2) is 0 Å². The van der Waals surface area contributed by atoms with Crippen LogP contribution in [0, 0.1) is 0 Å². The van der Waals surface area contributed by atoms with Gasteiger partial charge in [0, 0.05) is 23.4 Å². The Morgan fingerprint density at radius 1 is 1.00 bits per heavy atom. The monoisotopic (exact) mass is 471 g/mol. The largest absolute Gasteiger partial charge is 0.491 e. The van der Waals surface area contributed by atoms with Crippen molar-refractivity contribution >= 4 is 34.8 Å². The summed E-state index contributed by atoms with van der Waals surface area (Å²) >= 11 is 0. The number of ether oxygens (including phenoxy) is 2. The van der Waals surface area contributed by atoms with E-state index in [1.807, 2.05) is 6.07 Å². The lowest BCUT2D eigenvalue weighted by atomic mass is 10.1. The summed E-state index contributed by atoms with van der Waals surface area (Å²) < 4.78 is 11.3. The Morgan fingerprint density at radius 2 is 1.74 bits per heavy atom. The van der Waals surface area contributed by atoms with Gasteiger partial charge in [-0.05, 0) is 73.5 Å². The van der Waals surface area contributed by atoms with E-state index in [1.54, 1.807) is 66.7 Å². The van der Waals surface area contributed by atoms with Gasteiger partial charge in [-0.2, -0.15) is 0 Å². The van der Waals surface area contributed by atoms with Crippen LogP contribution in [0.3, 0.4) is 0 Å². The molecule has 1 fully saturated rings. The molecule has 3 amide bonds. The molecule has 35 heavy (non-hydrogen) atoms. The van der Waals surface area contributed by atoms with Gasteiger partial charge in [0.25, 0.3) is 11.8 Å². The molecule has 5 rings (SSSR count). The van der Waals surface area contributed by atoms with Crippen molar-refractivity contribution in [2.45, 2.75) is 18.9 Å². The zero-order valence-corrected chi connectivity index (χ0v) is 19.0. The fourth-order valence-electron chi connectivity index (χ4n) is 4.14. The first-order valence-corrected chi connectivity index (χ1v) is 11.5. The summed E-state index contributed by atoms with van der Waals surface area (Å²) in [5, 5.41) is 5.61. The summed E-state index contributed by atoms with van der Waals surface area (Å²) in [7, 11) is 0. The average molecular weight is 472 g/mol. The second-order valence-corrected chi connectivity index (χ2v) is 8.46. The van der Waals surface area contributed by atoms with Gasteiger partial charge in [0.1, 0.15) is 18.9 Å². The minimum Gasteiger partial charge on any atom is -0.491 e. The Kier molecular flexibility index (Phi) is 6.45. The first-order chi connectivity index (χ1) is 17.1. The van der Waals surface area contributed by atoms with Crippen LogP contribution in [-0.2, 0) is 9.53 Å². The molecule has 3 aromatic rings. The molecule has 1 atom stereocenters. The van der Waals surface area contributed by atoms with Crippen molar-refractivity contribution in [1.82, 2.24) is 0 Å². The number of para-hydroxylation sites is 2. The molecule has 0 aromatic heterocycles. The molecule has 2 aliphatic rings. The molecule has 2 N–H and O–H groups in total. The smallest absolute Gasteiger partial charge is 0.258 e. The molecule has 8 heteroatoms. The van der Waals surface area contributed by atoms with Gasteiger partial charge in [0.2, 0.25) is 5.91 Å². The second-order valence-electron chi connectivity index (χ2n) is 8.46. The van der Waals surface area contributed by atoms with E-state index >= 15 is 0 Å². The van der Waals surface area contributed by atoms with Crippen molar-refractivity contribution in [3.63, 3.8) is 0 Å².